The van der Waals surface area contributed by atoms with Gasteiger partial charge in [-0.15, -0.1) is 5.10 Å². The summed E-state index contributed by atoms with van der Waals surface area (Å²) in [6.45, 7) is 3.51. The molecule has 0 amide bonds. The van der Waals surface area contributed by atoms with Crippen LogP contribution in [0.1, 0.15) is 11.3 Å². The Labute approximate surface area is 105 Å². The zero-order chi connectivity index (χ0) is 13.1. The maximum absolute atomic E-state index is 10.4. The fourth-order valence-electron chi connectivity index (χ4n) is 1.70. The Kier molecular flexibility index (Phi) is 3.32. The number of carboxylic acid groups (broad SMARTS) is 1. The zero-order valence-electron chi connectivity index (χ0n) is 10.3. The largest absolute Gasteiger partial charge is 0.479 e. The first kappa shape index (κ1) is 12.2. The lowest BCUT2D eigenvalue weighted by Gasteiger charge is -2.06. The first-order valence-corrected chi connectivity index (χ1v) is 5.55. The molecule has 1 aromatic carbocycles. The Morgan fingerprint density at radius 3 is 2.78 bits per heavy atom. The third-order valence-electron chi connectivity index (χ3n) is 2.55. The second-order valence-corrected chi connectivity index (χ2v) is 4.00. The lowest BCUT2D eigenvalue weighted by Crippen LogP contribution is -2.10. The van der Waals surface area contributed by atoms with Crippen molar-refractivity contribution in [2.24, 2.45) is 0 Å². The normalized spacial score (nSPS) is 10.3. The van der Waals surface area contributed by atoms with E-state index in [1.807, 2.05) is 38.1 Å². The number of para-hydroxylation sites is 1. The van der Waals surface area contributed by atoms with E-state index in [9.17, 15) is 4.79 Å². The number of aryl methyl sites for hydroxylation is 2. The van der Waals surface area contributed by atoms with Crippen molar-refractivity contribution in [1.82, 2.24) is 9.78 Å². The van der Waals surface area contributed by atoms with Gasteiger partial charge in [-0.05, 0) is 25.5 Å². The predicted octanol–water partition coefficient (Wildman–Crippen LogP) is 1.95. The number of carboxylic acids is 1. The van der Waals surface area contributed by atoms with Gasteiger partial charge in [-0.25, -0.2) is 9.48 Å². The lowest BCUT2D eigenvalue weighted by molar-refractivity contribution is -0.139. The van der Waals surface area contributed by atoms with Crippen LogP contribution in [-0.2, 0) is 4.79 Å². The van der Waals surface area contributed by atoms with Crippen molar-refractivity contribution in [2.75, 3.05) is 6.61 Å². The van der Waals surface area contributed by atoms with Gasteiger partial charge in [0.15, 0.2) is 6.61 Å². The van der Waals surface area contributed by atoms with E-state index in [0.29, 0.717) is 5.88 Å². The van der Waals surface area contributed by atoms with Crippen molar-refractivity contribution in [3.05, 3.63) is 41.6 Å². The molecule has 2 rings (SSSR count). The highest BCUT2D eigenvalue weighted by atomic mass is 16.5. The highest BCUT2D eigenvalue weighted by Gasteiger charge is 2.09. The van der Waals surface area contributed by atoms with Crippen molar-refractivity contribution in [1.29, 1.82) is 0 Å². The molecule has 0 fully saturated rings. The molecule has 5 heteroatoms. The molecular weight excluding hydrogens is 232 g/mol. The smallest absolute Gasteiger partial charge is 0.341 e. The Hall–Kier alpha value is -2.30. The number of rotatable bonds is 4. The summed E-state index contributed by atoms with van der Waals surface area (Å²) in [5.41, 5.74) is 2.94. The second kappa shape index (κ2) is 4.91. The summed E-state index contributed by atoms with van der Waals surface area (Å²) in [6, 6.07) is 9.56. The molecule has 0 radical (unpaired) electrons. The van der Waals surface area contributed by atoms with E-state index in [4.69, 9.17) is 9.84 Å². The quantitative estimate of drug-likeness (QED) is 0.895. The second-order valence-electron chi connectivity index (χ2n) is 4.00. The Balaban J connectivity index is 2.30. The maximum Gasteiger partial charge on any atom is 0.341 e. The highest BCUT2D eigenvalue weighted by Crippen LogP contribution is 2.19. The van der Waals surface area contributed by atoms with Gasteiger partial charge in [-0.1, -0.05) is 18.2 Å². The van der Waals surface area contributed by atoms with Crippen LogP contribution >= 0.6 is 0 Å². The van der Waals surface area contributed by atoms with Crippen LogP contribution in [0.5, 0.6) is 5.88 Å². The molecule has 0 saturated carbocycles. The van der Waals surface area contributed by atoms with Crippen molar-refractivity contribution >= 4 is 5.97 Å². The van der Waals surface area contributed by atoms with E-state index in [1.54, 1.807) is 10.7 Å². The third-order valence-corrected chi connectivity index (χ3v) is 2.55. The van der Waals surface area contributed by atoms with Crippen molar-refractivity contribution in [3.8, 4) is 11.6 Å². The average Bonchev–Trinajstić information content (AvgIpc) is 2.69. The maximum atomic E-state index is 10.4. The molecule has 1 N–H and O–H groups in total. The van der Waals surface area contributed by atoms with E-state index >= 15 is 0 Å². The monoisotopic (exact) mass is 246 g/mol. The van der Waals surface area contributed by atoms with Crippen molar-refractivity contribution in [3.63, 3.8) is 0 Å². The van der Waals surface area contributed by atoms with E-state index in [-0.39, 0.29) is 6.61 Å². The van der Waals surface area contributed by atoms with Gasteiger partial charge in [-0.3, -0.25) is 0 Å². The third kappa shape index (κ3) is 2.51. The number of nitrogens with zero attached hydrogens (tertiary/aromatic N) is 2. The SMILES string of the molecule is Cc1ccccc1-n1nc(OCC(=O)O)cc1C. The molecule has 0 atom stereocenters. The van der Waals surface area contributed by atoms with Gasteiger partial charge in [0.2, 0.25) is 5.88 Å². The van der Waals surface area contributed by atoms with Gasteiger partial charge in [-0.2, -0.15) is 0 Å². The number of aliphatic carboxylic acids is 1. The summed E-state index contributed by atoms with van der Waals surface area (Å²) in [7, 11) is 0. The molecule has 0 aliphatic heterocycles. The summed E-state index contributed by atoms with van der Waals surface area (Å²) in [5, 5.41) is 12.8. The van der Waals surface area contributed by atoms with Gasteiger partial charge >= 0.3 is 5.97 Å². The van der Waals surface area contributed by atoms with Crippen molar-refractivity contribution in [2.45, 2.75) is 13.8 Å². The van der Waals surface area contributed by atoms with Crippen LogP contribution < -0.4 is 4.74 Å². The summed E-state index contributed by atoms with van der Waals surface area (Å²) in [6.07, 6.45) is 0. The Morgan fingerprint density at radius 2 is 2.11 bits per heavy atom. The molecule has 0 spiro atoms. The van der Waals surface area contributed by atoms with E-state index in [2.05, 4.69) is 5.10 Å². The molecule has 0 aliphatic rings. The predicted molar refractivity (Wildman–Crippen MR) is 66.2 cm³/mol. The molecule has 2 aromatic rings. The summed E-state index contributed by atoms with van der Waals surface area (Å²) >= 11 is 0. The van der Waals surface area contributed by atoms with Crippen LogP contribution in [-0.4, -0.2) is 27.5 Å². The minimum absolute atomic E-state index is 0.318. The van der Waals surface area contributed by atoms with Gasteiger partial charge in [0.1, 0.15) is 0 Å². The number of benzene rings is 1. The average molecular weight is 246 g/mol. The topological polar surface area (TPSA) is 64.4 Å². The van der Waals surface area contributed by atoms with Crippen LogP contribution in [0.2, 0.25) is 0 Å². The number of aromatic nitrogens is 2. The first-order chi connectivity index (χ1) is 8.58. The molecule has 0 unspecified atom stereocenters. The molecule has 5 nitrogen and oxygen atoms in total. The molecule has 18 heavy (non-hydrogen) atoms. The fourth-order valence-corrected chi connectivity index (χ4v) is 1.70. The highest BCUT2D eigenvalue weighted by molar-refractivity contribution is 5.68. The van der Waals surface area contributed by atoms with Crippen LogP contribution in [0.15, 0.2) is 30.3 Å². The van der Waals surface area contributed by atoms with E-state index in [1.165, 1.54) is 0 Å². The molecule has 1 aromatic heterocycles. The van der Waals surface area contributed by atoms with Gasteiger partial charge in [0.05, 0.1) is 5.69 Å². The van der Waals surface area contributed by atoms with E-state index < -0.39 is 5.97 Å². The summed E-state index contributed by atoms with van der Waals surface area (Å²) in [4.78, 5) is 10.4. The van der Waals surface area contributed by atoms with Gasteiger partial charge in [0, 0.05) is 11.8 Å². The lowest BCUT2D eigenvalue weighted by atomic mass is 10.2. The molecule has 0 bridgehead atoms. The van der Waals surface area contributed by atoms with Gasteiger partial charge < -0.3 is 9.84 Å². The summed E-state index contributed by atoms with van der Waals surface area (Å²) < 4.78 is 6.80. The standard InChI is InChI=1S/C13H14N2O3/c1-9-5-3-4-6-11(9)15-10(2)7-12(14-15)18-8-13(16)17/h3-7H,8H2,1-2H3,(H,16,17). The number of carbonyl (C=O) groups is 1. The van der Waals surface area contributed by atoms with Crippen LogP contribution in [0.3, 0.4) is 0 Å². The Morgan fingerprint density at radius 1 is 1.39 bits per heavy atom. The van der Waals surface area contributed by atoms with Crippen molar-refractivity contribution < 1.29 is 14.6 Å². The number of hydrogen-bond acceptors (Lipinski definition) is 3. The number of hydrogen-bond donors (Lipinski definition) is 1. The molecule has 0 saturated heterocycles. The number of ether oxygens (including phenoxy) is 1. The van der Waals surface area contributed by atoms with Crippen LogP contribution in [0, 0.1) is 13.8 Å². The summed E-state index contributed by atoms with van der Waals surface area (Å²) in [5.74, 6) is -0.698. The molecule has 0 aliphatic carbocycles. The molecule has 1 heterocycles. The fraction of sp³-hybridized carbons (Fsp3) is 0.231. The van der Waals surface area contributed by atoms with E-state index in [0.717, 1.165) is 16.9 Å². The minimum atomic E-state index is -1.02. The van der Waals surface area contributed by atoms with Gasteiger partial charge in [0.25, 0.3) is 0 Å². The minimum Gasteiger partial charge on any atom is -0.479 e. The Bertz CT molecular complexity index is 575. The first-order valence-electron chi connectivity index (χ1n) is 5.55. The van der Waals surface area contributed by atoms with Crippen LogP contribution in [0.25, 0.3) is 5.69 Å². The van der Waals surface area contributed by atoms with Crippen LogP contribution in [0.4, 0.5) is 0 Å². The zero-order valence-corrected chi connectivity index (χ0v) is 10.3. The molecule has 94 valence electrons. The molecular formula is C13H14N2O3.